The van der Waals surface area contributed by atoms with Gasteiger partial charge in [0.2, 0.25) is 5.91 Å². The van der Waals surface area contributed by atoms with Crippen molar-refractivity contribution in [2.75, 3.05) is 0 Å². The first-order valence-corrected chi connectivity index (χ1v) is 7.35. The third-order valence-corrected chi connectivity index (χ3v) is 3.73. The zero-order valence-electron chi connectivity index (χ0n) is 13.0. The highest BCUT2D eigenvalue weighted by molar-refractivity contribution is 5.88. The van der Waals surface area contributed by atoms with Crippen LogP contribution in [0.2, 0.25) is 0 Å². The Morgan fingerprint density at radius 2 is 2.05 bits per heavy atom. The van der Waals surface area contributed by atoms with Gasteiger partial charge in [-0.15, -0.1) is 0 Å². The maximum absolute atomic E-state index is 12.2. The van der Waals surface area contributed by atoms with E-state index in [1.54, 1.807) is 6.26 Å². The second-order valence-electron chi connectivity index (χ2n) is 5.67. The largest absolute Gasteiger partial charge is 0.464 e. The average Bonchev–Trinajstić information content (AvgIpc) is 3.05. The fraction of sp³-hybridized carbons (Fsp3) is 0.278. The van der Waals surface area contributed by atoms with Gasteiger partial charge < -0.3 is 14.2 Å². The summed E-state index contributed by atoms with van der Waals surface area (Å²) in [5, 5.41) is 3.94. The predicted molar refractivity (Wildman–Crippen MR) is 84.7 cm³/mol. The van der Waals surface area contributed by atoms with E-state index in [0.717, 1.165) is 33.6 Å². The molecule has 2 aromatic heterocycles. The first-order valence-electron chi connectivity index (χ1n) is 7.35. The first-order chi connectivity index (χ1) is 10.5. The van der Waals surface area contributed by atoms with Crippen molar-refractivity contribution in [3.05, 3.63) is 59.2 Å². The highest BCUT2D eigenvalue weighted by Gasteiger charge is 2.15. The molecule has 3 rings (SSSR count). The molecule has 2 heterocycles. The maximum Gasteiger partial charge on any atom is 0.225 e. The number of amides is 1. The summed E-state index contributed by atoms with van der Waals surface area (Å²) >= 11 is 0. The molecule has 0 saturated carbocycles. The molecule has 4 heteroatoms. The van der Waals surface area contributed by atoms with Gasteiger partial charge in [-0.3, -0.25) is 4.79 Å². The predicted octanol–water partition coefficient (Wildman–Crippen LogP) is 4.06. The Morgan fingerprint density at radius 1 is 1.23 bits per heavy atom. The molecule has 0 aliphatic carbocycles. The topological polar surface area (TPSA) is 55.4 Å². The molecule has 1 amide bonds. The summed E-state index contributed by atoms with van der Waals surface area (Å²) in [4.78, 5) is 12.2. The number of hydrogen-bond acceptors (Lipinski definition) is 3. The number of carbonyl (C=O) groups is 1. The van der Waals surface area contributed by atoms with Crippen molar-refractivity contribution in [1.82, 2.24) is 5.32 Å². The van der Waals surface area contributed by atoms with Gasteiger partial charge in [-0.05, 0) is 44.5 Å². The van der Waals surface area contributed by atoms with E-state index in [1.807, 2.05) is 51.1 Å². The van der Waals surface area contributed by atoms with Gasteiger partial charge in [-0.2, -0.15) is 0 Å². The molecule has 0 bridgehead atoms. The van der Waals surface area contributed by atoms with Gasteiger partial charge in [0.05, 0.1) is 18.7 Å². The van der Waals surface area contributed by atoms with Crippen LogP contribution in [0.25, 0.3) is 11.0 Å². The number of benzene rings is 1. The molecule has 4 nitrogen and oxygen atoms in total. The van der Waals surface area contributed by atoms with Crippen molar-refractivity contribution in [1.29, 1.82) is 0 Å². The Hall–Kier alpha value is -2.49. The second kappa shape index (κ2) is 5.72. The zero-order valence-corrected chi connectivity index (χ0v) is 13.0. The van der Waals surface area contributed by atoms with Gasteiger partial charge in [0.15, 0.2) is 0 Å². The van der Waals surface area contributed by atoms with Crippen LogP contribution >= 0.6 is 0 Å². The number of hydrogen-bond donors (Lipinski definition) is 1. The Bertz CT molecular complexity index is 813. The van der Waals surface area contributed by atoms with Gasteiger partial charge in [-0.25, -0.2) is 0 Å². The van der Waals surface area contributed by atoms with Gasteiger partial charge >= 0.3 is 0 Å². The van der Waals surface area contributed by atoms with E-state index in [9.17, 15) is 4.79 Å². The lowest BCUT2D eigenvalue weighted by Crippen LogP contribution is -2.27. The molecule has 0 fully saturated rings. The summed E-state index contributed by atoms with van der Waals surface area (Å²) in [5.41, 5.74) is 2.85. The zero-order chi connectivity index (χ0) is 15.7. The summed E-state index contributed by atoms with van der Waals surface area (Å²) in [5.74, 6) is 1.55. The third-order valence-electron chi connectivity index (χ3n) is 3.73. The van der Waals surface area contributed by atoms with E-state index in [4.69, 9.17) is 8.83 Å². The maximum atomic E-state index is 12.2. The third kappa shape index (κ3) is 2.91. The molecule has 0 spiro atoms. The average molecular weight is 297 g/mol. The van der Waals surface area contributed by atoms with Crippen molar-refractivity contribution >= 4 is 16.9 Å². The smallest absolute Gasteiger partial charge is 0.225 e. The normalized spacial score (nSPS) is 12.5. The van der Waals surface area contributed by atoms with Crippen LogP contribution in [0.15, 0.2) is 45.4 Å². The van der Waals surface area contributed by atoms with Crippen LogP contribution in [0.1, 0.15) is 35.6 Å². The second-order valence-corrected chi connectivity index (χ2v) is 5.67. The summed E-state index contributed by atoms with van der Waals surface area (Å²) in [6.45, 7) is 5.81. The minimum atomic E-state index is -0.151. The molecular weight excluding hydrogens is 278 g/mol. The molecule has 22 heavy (non-hydrogen) atoms. The van der Waals surface area contributed by atoms with Gasteiger partial charge in [-0.1, -0.05) is 12.1 Å². The van der Waals surface area contributed by atoms with E-state index in [2.05, 4.69) is 5.32 Å². The number of rotatable bonds is 4. The van der Waals surface area contributed by atoms with Crippen molar-refractivity contribution in [3.8, 4) is 0 Å². The summed E-state index contributed by atoms with van der Waals surface area (Å²) in [6.07, 6.45) is 1.95. The number of carbonyl (C=O) groups excluding carboxylic acids is 1. The summed E-state index contributed by atoms with van der Waals surface area (Å²) < 4.78 is 11.1. The Balaban J connectivity index is 1.70. The number of nitrogens with one attached hydrogen (secondary N) is 1. The van der Waals surface area contributed by atoms with Crippen molar-refractivity contribution < 1.29 is 13.6 Å². The SMILES string of the molecule is Cc1ccc2c(CC(=O)NC(C)c3ccc(C)o3)coc2c1. The number of fused-ring (bicyclic) bond motifs is 1. The van der Waals surface area contributed by atoms with E-state index in [-0.39, 0.29) is 11.9 Å². The lowest BCUT2D eigenvalue weighted by atomic mass is 10.1. The molecule has 0 aliphatic heterocycles. The van der Waals surface area contributed by atoms with Crippen LogP contribution in [-0.4, -0.2) is 5.91 Å². The van der Waals surface area contributed by atoms with Crippen molar-refractivity contribution in [2.45, 2.75) is 33.2 Å². The molecule has 0 radical (unpaired) electrons. The van der Waals surface area contributed by atoms with Gasteiger partial charge in [0, 0.05) is 10.9 Å². The van der Waals surface area contributed by atoms with Gasteiger partial charge in [0.25, 0.3) is 0 Å². The molecule has 3 aromatic rings. The fourth-order valence-corrected chi connectivity index (χ4v) is 2.55. The quantitative estimate of drug-likeness (QED) is 0.790. The van der Waals surface area contributed by atoms with Crippen LogP contribution in [0.4, 0.5) is 0 Å². The minimum absolute atomic E-state index is 0.0511. The molecule has 1 atom stereocenters. The standard InChI is InChI=1S/C18H19NO3/c1-11-4-6-15-14(10-21-17(15)8-11)9-18(20)19-13(3)16-7-5-12(2)22-16/h4-8,10,13H,9H2,1-3H3,(H,19,20). The van der Waals surface area contributed by atoms with Crippen LogP contribution in [0, 0.1) is 13.8 Å². The lowest BCUT2D eigenvalue weighted by molar-refractivity contribution is -0.121. The monoisotopic (exact) mass is 297 g/mol. The van der Waals surface area contributed by atoms with E-state index in [1.165, 1.54) is 0 Å². The lowest BCUT2D eigenvalue weighted by Gasteiger charge is -2.11. The van der Waals surface area contributed by atoms with Gasteiger partial charge in [0.1, 0.15) is 17.1 Å². The van der Waals surface area contributed by atoms with Crippen LogP contribution in [0.5, 0.6) is 0 Å². The minimum Gasteiger partial charge on any atom is -0.464 e. The molecule has 114 valence electrons. The molecule has 0 saturated heterocycles. The molecule has 1 N–H and O–H groups in total. The number of furan rings is 2. The summed E-state index contributed by atoms with van der Waals surface area (Å²) in [6, 6.07) is 9.62. The Morgan fingerprint density at radius 3 is 2.77 bits per heavy atom. The Kier molecular flexibility index (Phi) is 3.75. The van der Waals surface area contributed by atoms with Crippen molar-refractivity contribution in [3.63, 3.8) is 0 Å². The number of aryl methyl sites for hydroxylation is 2. The van der Waals surface area contributed by atoms with Crippen LogP contribution in [0.3, 0.4) is 0 Å². The molecular formula is C18H19NO3. The fourth-order valence-electron chi connectivity index (χ4n) is 2.55. The summed E-state index contributed by atoms with van der Waals surface area (Å²) in [7, 11) is 0. The Labute approximate surface area is 129 Å². The van der Waals surface area contributed by atoms with E-state index >= 15 is 0 Å². The molecule has 0 aliphatic rings. The van der Waals surface area contributed by atoms with E-state index in [0.29, 0.717) is 6.42 Å². The first kappa shape index (κ1) is 14.4. The van der Waals surface area contributed by atoms with Crippen LogP contribution in [-0.2, 0) is 11.2 Å². The highest BCUT2D eigenvalue weighted by Crippen LogP contribution is 2.23. The van der Waals surface area contributed by atoms with Crippen molar-refractivity contribution in [2.24, 2.45) is 0 Å². The van der Waals surface area contributed by atoms with E-state index < -0.39 is 0 Å². The highest BCUT2D eigenvalue weighted by atomic mass is 16.3. The molecule has 1 aromatic carbocycles. The van der Waals surface area contributed by atoms with Crippen LogP contribution < -0.4 is 5.32 Å². The molecule has 1 unspecified atom stereocenters.